The molecule has 2 rings (SSSR count). The Kier molecular flexibility index (Phi) is 6.81. The Morgan fingerprint density at radius 1 is 1.12 bits per heavy atom. The minimum absolute atomic E-state index is 0.321. The van der Waals surface area contributed by atoms with Gasteiger partial charge in [0.1, 0.15) is 14.1 Å². The van der Waals surface area contributed by atoms with Crippen LogP contribution < -0.4 is 0 Å². The average molecular weight is 339 g/mol. The summed E-state index contributed by atoms with van der Waals surface area (Å²) in [5, 5.41) is 0. The fourth-order valence-electron chi connectivity index (χ4n) is 3.93. The van der Waals surface area contributed by atoms with E-state index < -0.39 is 0 Å². The van der Waals surface area contributed by atoms with Gasteiger partial charge in [-0.2, -0.15) is 0 Å². The number of rotatable bonds is 4. The van der Waals surface area contributed by atoms with Crippen LogP contribution in [-0.2, 0) is 0 Å². The highest BCUT2D eigenvalue weighted by atomic mass is 14.9. The molecule has 0 fully saturated rings. The van der Waals surface area contributed by atoms with E-state index in [9.17, 15) is 0 Å². The molecule has 0 aromatic carbocycles. The lowest BCUT2D eigenvalue weighted by atomic mass is 9.72. The van der Waals surface area contributed by atoms with E-state index in [-0.39, 0.29) is 0 Å². The zero-order valence-electron chi connectivity index (χ0n) is 17.2. The summed E-state index contributed by atoms with van der Waals surface area (Å²) in [6.07, 6.45) is 21.3. The highest BCUT2D eigenvalue weighted by molar-refractivity contribution is 5.68. The largest absolute Gasteiger partial charge is 0.241 e. The van der Waals surface area contributed by atoms with Crippen molar-refractivity contribution in [1.29, 1.82) is 0 Å². The lowest BCUT2D eigenvalue weighted by Gasteiger charge is -2.33. The smallest absolute Gasteiger partial charge is 0.163 e. The number of hydrogen-bond donors (Lipinski definition) is 0. The minimum atomic E-state index is 0.321. The molecule has 0 aliphatic heterocycles. The van der Waals surface area contributed by atoms with Gasteiger partial charge in [0.25, 0.3) is 0 Å². The molecule has 0 bridgehead atoms. The summed E-state index contributed by atoms with van der Waals surface area (Å²) in [7, 11) is 4.14. The molecule has 1 heteroatoms. The number of allylic oxidation sites excluding steroid dienone is 10. The van der Waals surface area contributed by atoms with E-state index in [0.717, 1.165) is 0 Å². The Hall–Kier alpha value is -1.63. The van der Waals surface area contributed by atoms with Crippen molar-refractivity contribution in [3.05, 3.63) is 58.2 Å². The van der Waals surface area contributed by atoms with Crippen molar-refractivity contribution in [2.45, 2.75) is 66.2 Å². The zero-order valence-corrected chi connectivity index (χ0v) is 17.2. The molecule has 0 aromatic heterocycles. The van der Waals surface area contributed by atoms with Crippen LogP contribution in [0.15, 0.2) is 58.2 Å². The van der Waals surface area contributed by atoms with Crippen LogP contribution >= 0.6 is 0 Å². The Morgan fingerprint density at radius 2 is 1.88 bits per heavy atom. The summed E-state index contributed by atoms with van der Waals surface area (Å²) < 4.78 is 2.10. The van der Waals surface area contributed by atoms with Crippen LogP contribution in [0.3, 0.4) is 0 Å². The van der Waals surface area contributed by atoms with Crippen LogP contribution in [0.4, 0.5) is 0 Å². The second-order valence-corrected chi connectivity index (χ2v) is 8.58. The lowest BCUT2D eigenvalue weighted by Crippen LogP contribution is -2.19. The SMILES string of the molecule is CC1=C(/C=C/C(C)=C/C2=CC(=C\C=[N+](C)C)/CCC2)C(C)(C)CCC1. The molecule has 0 radical (unpaired) electrons. The van der Waals surface area contributed by atoms with E-state index >= 15 is 0 Å². The van der Waals surface area contributed by atoms with Crippen molar-refractivity contribution >= 4 is 6.21 Å². The van der Waals surface area contributed by atoms with Crippen molar-refractivity contribution in [3.63, 3.8) is 0 Å². The quantitative estimate of drug-likeness (QED) is 0.317. The van der Waals surface area contributed by atoms with Gasteiger partial charge in [0.05, 0.1) is 0 Å². The Balaban J connectivity index is 2.16. The minimum Gasteiger partial charge on any atom is -0.241 e. The van der Waals surface area contributed by atoms with E-state index in [4.69, 9.17) is 0 Å². The lowest BCUT2D eigenvalue weighted by molar-refractivity contribution is -0.458. The zero-order chi connectivity index (χ0) is 18.4. The van der Waals surface area contributed by atoms with Gasteiger partial charge >= 0.3 is 0 Å². The Labute approximate surface area is 155 Å². The fourth-order valence-corrected chi connectivity index (χ4v) is 3.93. The van der Waals surface area contributed by atoms with E-state index in [0.29, 0.717) is 5.41 Å². The molecule has 136 valence electrons. The number of nitrogens with zero attached hydrogens (tertiary/aromatic N) is 1. The summed E-state index contributed by atoms with van der Waals surface area (Å²) in [6, 6.07) is 0. The second kappa shape index (κ2) is 8.65. The molecule has 0 aromatic rings. The van der Waals surface area contributed by atoms with Crippen LogP contribution in [0.1, 0.15) is 66.2 Å². The highest BCUT2D eigenvalue weighted by Gasteiger charge is 2.26. The summed E-state index contributed by atoms with van der Waals surface area (Å²) in [4.78, 5) is 0. The van der Waals surface area contributed by atoms with Crippen LogP contribution in [0, 0.1) is 5.41 Å². The molecule has 0 amide bonds. The van der Waals surface area contributed by atoms with Crippen LogP contribution in [0.5, 0.6) is 0 Å². The predicted octanol–water partition coefficient (Wildman–Crippen LogP) is 6.40. The molecular formula is C24H36N+. The van der Waals surface area contributed by atoms with Gasteiger partial charge in [0, 0.05) is 6.08 Å². The first-order chi connectivity index (χ1) is 11.8. The molecule has 2 aliphatic carbocycles. The van der Waals surface area contributed by atoms with E-state index in [1.54, 1.807) is 11.1 Å². The van der Waals surface area contributed by atoms with E-state index in [1.165, 1.54) is 55.2 Å². The van der Waals surface area contributed by atoms with Gasteiger partial charge in [0.15, 0.2) is 6.21 Å². The average Bonchev–Trinajstić information content (AvgIpc) is 2.52. The van der Waals surface area contributed by atoms with Gasteiger partial charge in [-0.3, -0.25) is 0 Å². The second-order valence-electron chi connectivity index (χ2n) is 8.58. The van der Waals surface area contributed by atoms with Crippen molar-refractivity contribution in [2.24, 2.45) is 5.41 Å². The van der Waals surface area contributed by atoms with Crippen LogP contribution in [0.2, 0.25) is 0 Å². The maximum Gasteiger partial charge on any atom is 0.163 e. The third kappa shape index (κ3) is 5.99. The van der Waals surface area contributed by atoms with Crippen molar-refractivity contribution in [2.75, 3.05) is 14.1 Å². The first kappa shape index (κ1) is 19.7. The monoisotopic (exact) mass is 338 g/mol. The standard InChI is InChI=1S/C24H36N/c1-19(12-13-23-20(2)9-8-15-24(23,3)4)17-22-11-7-10-21(18-22)14-16-25(5)6/h12-14,16-18H,7-11,15H2,1-6H3/q+1/b13-12+,19-17+,21-14-. The topological polar surface area (TPSA) is 3.01 Å². The van der Waals surface area contributed by atoms with Crippen molar-refractivity contribution in [3.8, 4) is 0 Å². The van der Waals surface area contributed by atoms with E-state index in [1.807, 2.05) is 0 Å². The first-order valence-electron chi connectivity index (χ1n) is 9.75. The van der Waals surface area contributed by atoms with Crippen molar-refractivity contribution in [1.82, 2.24) is 0 Å². The molecule has 0 spiro atoms. The summed E-state index contributed by atoms with van der Waals surface area (Å²) in [6.45, 7) is 9.31. The van der Waals surface area contributed by atoms with Crippen molar-refractivity contribution < 1.29 is 4.58 Å². The third-order valence-corrected chi connectivity index (χ3v) is 5.36. The summed E-state index contributed by atoms with van der Waals surface area (Å²) in [5.41, 5.74) is 7.69. The molecule has 0 unspecified atom stereocenters. The van der Waals surface area contributed by atoms with Crippen LogP contribution in [-0.4, -0.2) is 24.9 Å². The molecule has 0 N–H and O–H groups in total. The fraction of sp³-hybridized carbons (Fsp3) is 0.542. The molecule has 1 nitrogen and oxygen atoms in total. The summed E-state index contributed by atoms with van der Waals surface area (Å²) >= 11 is 0. The molecule has 2 aliphatic rings. The molecular weight excluding hydrogens is 302 g/mol. The normalized spacial score (nSPS) is 23.2. The molecule has 0 atom stereocenters. The Bertz CT molecular complexity index is 671. The van der Waals surface area contributed by atoms with Crippen LogP contribution in [0.25, 0.3) is 0 Å². The van der Waals surface area contributed by atoms with Gasteiger partial charge in [-0.1, -0.05) is 49.3 Å². The van der Waals surface area contributed by atoms with E-state index in [2.05, 4.69) is 83.0 Å². The summed E-state index contributed by atoms with van der Waals surface area (Å²) in [5.74, 6) is 0. The highest BCUT2D eigenvalue weighted by Crippen LogP contribution is 2.40. The maximum atomic E-state index is 2.39. The predicted molar refractivity (Wildman–Crippen MR) is 111 cm³/mol. The van der Waals surface area contributed by atoms with Gasteiger partial charge in [-0.05, 0) is 74.5 Å². The molecule has 0 saturated heterocycles. The third-order valence-electron chi connectivity index (χ3n) is 5.36. The van der Waals surface area contributed by atoms with Gasteiger partial charge < -0.3 is 0 Å². The maximum absolute atomic E-state index is 2.39. The number of hydrogen-bond acceptors (Lipinski definition) is 0. The molecule has 0 heterocycles. The van der Waals surface area contributed by atoms with Gasteiger partial charge in [-0.15, -0.1) is 0 Å². The van der Waals surface area contributed by atoms with Gasteiger partial charge in [0.2, 0.25) is 0 Å². The molecule has 25 heavy (non-hydrogen) atoms. The van der Waals surface area contributed by atoms with Gasteiger partial charge in [-0.25, -0.2) is 4.58 Å². The first-order valence-corrected chi connectivity index (χ1v) is 9.75. The Morgan fingerprint density at radius 3 is 2.56 bits per heavy atom. The molecule has 0 saturated carbocycles.